The maximum atomic E-state index is 12.0. The van der Waals surface area contributed by atoms with E-state index in [1.54, 1.807) is 12.1 Å². The number of anilines is 1. The molecule has 2 heterocycles. The maximum Gasteiger partial charge on any atom is 0.358 e. The third-order valence-corrected chi connectivity index (χ3v) is 4.94. The Morgan fingerprint density at radius 3 is 2.64 bits per heavy atom. The smallest absolute Gasteiger partial charge is 0.358 e. The Hall–Kier alpha value is -2.29. The van der Waals surface area contributed by atoms with Gasteiger partial charge in [-0.25, -0.2) is 14.8 Å². The Morgan fingerprint density at radius 2 is 1.92 bits per heavy atom. The molecular weight excluding hydrogens is 382 g/mol. The molecule has 0 atom stereocenters. The molecule has 0 aliphatic carbocycles. The summed E-state index contributed by atoms with van der Waals surface area (Å²) in [6.45, 7) is 1.43. The number of halogens is 1. The molecule has 1 amide bonds. The van der Waals surface area contributed by atoms with Crippen molar-refractivity contribution in [1.82, 2.24) is 9.97 Å². The van der Waals surface area contributed by atoms with Gasteiger partial charge in [0.05, 0.1) is 5.69 Å². The Bertz CT molecular complexity index is 906. The van der Waals surface area contributed by atoms with Crippen LogP contribution in [-0.4, -0.2) is 21.8 Å². The van der Waals surface area contributed by atoms with Gasteiger partial charge in [0.15, 0.2) is 10.8 Å². The van der Waals surface area contributed by atoms with E-state index >= 15 is 0 Å². The topological polar surface area (TPSA) is 81.2 Å². The van der Waals surface area contributed by atoms with E-state index in [-0.39, 0.29) is 18.2 Å². The van der Waals surface area contributed by atoms with Crippen LogP contribution < -0.4 is 5.32 Å². The maximum absolute atomic E-state index is 12.0. The number of carbonyl (C=O) groups excluding carboxylic acids is 2. The predicted molar refractivity (Wildman–Crippen MR) is 98.1 cm³/mol. The molecule has 0 radical (unpaired) electrons. The molecule has 0 aliphatic heterocycles. The van der Waals surface area contributed by atoms with Gasteiger partial charge in [-0.15, -0.1) is 22.7 Å². The van der Waals surface area contributed by atoms with Crippen molar-refractivity contribution in [1.29, 1.82) is 0 Å². The van der Waals surface area contributed by atoms with Gasteiger partial charge >= 0.3 is 5.97 Å². The fraction of sp³-hybridized carbons (Fsp3) is 0.125. The third-order valence-electron chi connectivity index (χ3n) is 2.99. The molecule has 2 aromatic heterocycles. The molecule has 3 rings (SSSR count). The van der Waals surface area contributed by atoms with Crippen molar-refractivity contribution in [2.45, 2.75) is 13.5 Å². The van der Waals surface area contributed by atoms with Crippen molar-refractivity contribution >= 4 is 51.3 Å². The van der Waals surface area contributed by atoms with E-state index in [1.807, 2.05) is 17.5 Å². The summed E-state index contributed by atoms with van der Waals surface area (Å²) in [6, 6.07) is 7.37. The van der Waals surface area contributed by atoms with E-state index in [1.165, 1.54) is 23.6 Å². The lowest BCUT2D eigenvalue weighted by Crippen LogP contribution is -2.08. The van der Waals surface area contributed by atoms with Gasteiger partial charge in [0.25, 0.3) is 0 Å². The number of ether oxygens (including phenoxy) is 1. The van der Waals surface area contributed by atoms with Crippen molar-refractivity contribution in [3.63, 3.8) is 0 Å². The summed E-state index contributed by atoms with van der Waals surface area (Å²) in [6.07, 6.45) is 0. The zero-order valence-corrected chi connectivity index (χ0v) is 15.4. The summed E-state index contributed by atoms with van der Waals surface area (Å²) < 4.78 is 5.22. The average Bonchev–Trinajstić information content (AvgIpc) is 3.22. The second-order valence-corrected chi connectivity index (χ2v) is 7.10. The summed E-state index contributed by atoms with van der Waals surface area (Å²) in [4.78, 5) is 31.4. The Morgan fingerprint density at radius 1 is 1.16 bits per heavy atom. The summed E-state index contributed by atoms with van der Waals surface area (Å²) in [5, 5.41) is 7.74. The minimum Gasteiger partial charge on any atom is -0.454 e. The number of rotatable bonds is 5. The lowest BCUT2D eigenvalue weighted by molar-refractivity contribution is -0.114. The van der Waals surface area contributed by atoms with Crippen LogP contribution in [0.25, 0.3) is 10.6 Å². The summed E-state index contributed by atoms with van der Waals surface area (Å²) in [7, 11) is 0. The first kappa shape index (κ1) is 17.5. The number of nitrogens with one attached hydrogen (secondary N) is 1. The third kappa shape index (κ3) is 4.62. The molecule has 3 aromatic rings. The molecule has 1 N–H and O–H groups in total. The largest absolute Gasteiger partial charge is 0.454 e. The zero-order valence-electron chi connectivity index (χ0n) is 13.0. The fourth-order valence-corrected chi connectivity index (χ4v) is 3.55. The van der Waals surface area contributed by atoms with Crippen LogP contribution in [0.4, 0.5) is 5.13 Å². The molecule has 0 spiro atoms. The summed E-state index contributed by atoms with van der Waals surface area (Å²) in [5.41, 5.74) is 1.76. The molecule has 0 saturated heterocycles. The molecule has 128 valence electrons. The minimum atomic E-state index is -0.561. The summed E-state index contributed by atoms with van der Waals surface area (Å²) in [5.74, 6) is -0.805. The van der Waals surface area contributed by atoms with Gasteiger partial charge in [0.2, 0.25) is 5.91 Å². The van der Waals surface area contributed by atoms with Gasteiger partial charge in [-0.2, -0.15) is 0 Å². The number of aromatic nitrogens is 2. The van der Waals surface area contributed by atoms with Gasteiger partial charge < -0.3 is 10.1 Å². The van der Waals surface area contributed by atoms with Crippen molar-refractivity contribution in [2.75, 3.05) is 5.32 Å². The van der Waals surface area contributed by atoms with E-state index in [0.717, 1.165) is 21.9 Å². The van der Waals surface area contributed by atoms with Crippen LogP contribution in [-0.2, 0) is 16.1 Å². The predicted octanol–water partition coefficient (Wildman–Crippen LogP) is 4.24. The highest BCUT2D eigenvalue weighted by molar-refractivity contribution is 7.14. The first-order valence-electron chi connectivity index (χ1n) is 7.12. The highest BCUT2D eigenvalue weighted by atomic mass is 35.5. The fourth-order valence-electron chi connectivity index (χ4n) is 1.89. The number of hydrogen-bond donors (Lipinski definition) is 1. The van der Waals surface area contributed by atoms with E-state index in [0.29, 0.717) is 15.8 Å². The number of nitrogens with zero attached hydrogens (tertiary/aromatic N) is 2. The van der Waals surface area contributed by atoms with Crippen LogP contribution in [0.1, 0.15) is 23.1 Å². The monoisotopic (exact) mass is 393 g/mol. The quantitative estimate of drug-likeness (QED) is 0.656. The molecule has 0 saturated carbocycles. The molecule has 0 aliphatic rings. The van der Waals surface area contributed by atoms with Gasteiger partial charge in [-0.3, -0.25) is 4.79 Å². The van der Waals surface area contributed by atoms with Crippen LogP contribution in [0.15, 0.2) is 35.0 Å². The molecular formula is C16H12ClN3O3S2. The number of thiazole rings is 2. The van der Waals surface area contributed by atoms with E-state index in [2.05, 4.69) is 15.3 Å². The first-order valence-corrected chi connectivity index (χ1v) is 9.25. The van der Waals surface area contributed by atoms with Gasteiger partial charge in [-0.1, -0.05) is 23.7 Å². The van der Waals surface area contributed by atoms with E-state index in [9.17, 15) is 9.59 Å². The SMILES string of the molecule is CC(=O)Nc1nc(C(=O)OCc2csc(-c3ccc(Cl)cc3)n2)cs1. The second kappa shape index (κ2) is 7.73. The Labute approximate surface area is 156 Å². The van der Waals surface area contributed by atoms with Crippen molar-refractivity contribution < 1.29 is 14.3 Å². The molecule has 0 fully saturated rings. The van der Waals surface area contributed by atoms with Crippen molar-refractivity contribution in [3.05, 3.63) is 51.4 Å². The Balaban J connectivity index is 1.60. The van der Waals surface area contributed by atoms with Crippen LogP contribution >= 0.6 is 34.3 Å². The number of amides is 1. The highest BCUT2D eigenvalue weighted by Crippen LogP contribution is 2.25. The van der Waals surface area contributed by atoms with Crippen molar-refractivity contribution in [2.24, 2.45) is 0 Å². The number of esters is 1. The lowest BCUT2D eigenvalue weighted by atomic mass is 10.2. The molecule has 6 nitrogen and oxygen atoms in total. The standard InChI is InChI=1S/C16H12ClN3O3S2/c1-9(21)18-16-20-13(8-25-16)15(22)23-6-12-7-24-14(19-12)10-2-4-11(17)5-3-10/h2-5,7-8H,6H2,1H3,(H,18,20,21). The molecule has 9 heteroatoms. The molecule has 0 bridgehead atoms. The average molecular weight is 394 g/mol. The molecule has 1 aromatic carbocycles. The van der Waals surface area contributed by atoms with Gasteiger partial charge in [0.1, 0.15) is 11.6 Å². The summed E-state index contributed by atoms with van der Waals surface area (Å²) >= 11 is 8.50. The number of hydrogen-bond acceptors (Lipinski definition) is 7. The normalized spacial score (nSPS) is 10.5. The van der Waals surface area contributed by atoms with Crippen LogP contribution in [0.5, 0.6) is 0 Å². The Kier molecular flexibility index (Phi) is 5.42. The van der Waals surface area contributed by atoms with E-state index in [4.69, 9.17) is 16.3 Å². The van der Waals surface area contributed by atoms with Crippen LogP contribution in [0, 0.1) is 0 Å². The lowest BCUT2D eigenvalue weighted by Gasteiger charge is -2.00. The number of benzene rings is 1. The van der Waals surface area contributed by atoms with Crippen LogP contribution in [0.3, 0.4) is 0 Å². The van der Waals surface area contributed by atoms with Crippen LogP contribution in [0.2, 0.25) is 5.02 Å². The molecule has 25 heavy (non-hydrogen) atoms. The van der Waals surface area contributed by atoms with Crippen molar-refractivity contribution in [3.8, 4) is 10.6 Å². The van der Waals surface area contributed by atoms with Gasteiger partial charge in [0, 0.05) is 28.3 Å². The molecule has 0 unspecified atom stereocenters. The van der Waals surface area contributed by atoms with E-state index < -0.39 is 5.97 Å². The minimum absolute atomic E-state index is 0.0515. The van der Waals surface area contributed by atoms with Gasteiger partial charge in [-0.05, 0) is 12.1 Å². The number of carbonyl (C=O) groups is 2. The zero-order chi connectivity index (χ0) is 17.8. The first-order chi connectivity index (χ1) is 12.0. The second-order valence-electron chi connectivity index (χ2n) is 4.95. The highest BCUT2D eigenvalue weighted by Gasteiger charge is 2.14.